The van der Waals surface area contributed by atoms with Crippen LogP contribution in [0.3, 0.4) is 0 Å². The minimum absolute atomic E-state index is 0.0118. The van der Waals surface area contributed by atoms with E-state index < -0.39 is 17.9 Å². The van der Waals surface area contributed by atoms with E-state index in [1.165, 1.54) is 0 Å². The fourth-order valence-electron chi connectivity index (χ4n) is 2.79. The van der Waals surface area contributed by atoms with Crippen molar-refractivity contribution in [2.45, 2.75) is 20.3 Å². The lowest BCUT2D eigenvalue weighted by molar-refractivity contribution is -0.139. The van der Waals surface area contributed by atoms with Crippen LogP contribution in [0, 0.1) is 0 Å². The summed E-state index contributed by atoms with van der Waals surface area (Å²) in [7, 11) is 0. The lowest BCUT2D eigenvalue weighted by atomic mass is 10.0. The van der Waals surface area contributed by atoms with Gasteiger partial charge in [0.1, 0.15) is 5.76 Å². The van der Waals surface area contributed by atoms with Crippen molar-refractivity contribution in [1.82, 2.24) is 0 Å². The second-order valence-corrected chi connectivity index (χ2v) is 10.4. The first-order valence-electron chi connectivity index (χ1n) is 9.95. The number of hydrogen-bond acceptors (Lipinski definition) is 6. The standard InChI is InChI=1S/C24H20Br4O6/c1-4-32-22(29)13(3)6-20(24(31)33-5-2)21(14-7-16(25)11-17(26)8-14)34-23(30)15-9-18(27)12-19(28)10-15/h7-12H,3-6H2,1-2H3/b21-20+. The summed E-state index contributed by atoms with van der Waals surface area (Å²) in [6.45, 7) is 7.28. The molecule has 0 saturated heterocycles. The van der Waals surface area contributed by atoms with E-state index in [1.807, 2.05) is 0 Å². The number of esters is 3. The molecule has 0 N–H and O–H groups in total. The maximum atomic E-state index is 13.1. The monoisotopic (exact) mass is 720 g/mol. The van der Waals surface area contributed by atoms with E-state index in [1.54, 1.807) is 50.2 Å². The third-order valence-electron chi connectivity index (χ3n) is 4.17. The van der Waals surface area contributed by atoms with Gasteiger partial charge in [-0.15, -0.1) is 0 Å². The van der Waals surface area contributed by atoms with E-state index >= 15 is 0 Å². The SMILES string of the molecule is C=C(C/C(C(=O)OCC)=C(\OC(=O)c1cc(Br)cc(Br)c1)c1cc(Br)cc(Br)c1)C(=O)OCC. The van der Waals surface area contributed by atoms with Gasteiger partial charge in [-0.05, 0) is 50.2 Å². The van der Waals surface area contributed by atoms with Crippen molar-refractivity contribution in [3.63, 3.8) is 0 Å². The highest BCUT2D eigenvalue weighted by Gasteiger charge is 2.26. The molecule has 0 unspecified atom stereocenters. The Hall–Kier alpha value is -1.75. The van der Waals surface area contributed by atoms with Crippen molar-refractivity contribution in [1.29, 1.82) is 0 Å². The average Bonchev–Trinajstić information content (AvgIpc) is 2.74. The Morgan fingerprint density at radius 2 is 1.18 bits per heavy atom. The second-order valence-electron chi connectivity index (χ2n) is 6.73. The molecule has 0 aromatic heterocycles. The highest BCUT2D eigenvalue weighted by molar-refractivity contribution is 9.11. The van der Waals surface area contributed by atoms with Crippen molar-refractivity contribution in [2.75, 3.05) is 13.2 Å². The van der Waals surface area contributed by atoms with Gasteiger partial charge in [-0.2, -0.15) is 0 Å². The molecule has 2 aromatic rings. The van der Waals surface area contributed by atoms with Crippen molar-refractivity contribution >= 4 is 87.4 Å². The first-order chi connectivity index (χ1) is 16.0. The maximum Gasteiger partial charge on any atom is 0.343 e. The maximum absolute atomic E-state index is 13.1. The lowest BCUT2D eigenvalue weighted by Gasteiger charge is -2.17. The first kappa shape index (κ1) is 28.5. The van der Waals surface area contributed by atoms with Gasteiger partial charge < -0.3 is 14.2 Å². The number of halogens is 4. The van der Waals surface area contributed by atoms with Crippen molar-refractivity contribution in [3.8, 4) is 0 Å². The number of benzene rings is 2. The second kappa shape index (κ2) is 13.4. The molecule has 0 saturated carbocycles. The fraction of sp³-hybridized carbons (Fsp3) is 0.208. The Morgan fingerprint density at radius 3 is 1.65 bits per heavy atom. The van der Waals surface area contributed by atoms with Gasteiger partial charge in [-0.1, -0.05) is 70.3 Å². The topological polar surface area (TPSA) is 78.9 Å². The number of carbonyl (C=O) groups excluding carboxylic acids is 3. The van der Waals surface area contributed by atoms with Gasteiger partial charge in [-0.3, -0.25) is 0 Å². The largest absolute Gasteiger partial charge is 0.463 e. The molecule has 2 rings (SSSR count). The van der Waals surface area contributed by atoms with Crippen LogP contribution in [-0.2, 0) is 23.8 Å². The number of rotatable bonds is 9. The molecule has 2 aromatic carbocycles. The minimum Gasteiger partial charge on any atom is -0.463 e. The molecular formula is C24H20Br4O6. The Morgan fingerprint density at radius 1 is 0.735 bits per heavy atom. The predicted octanol–water partition coefficient (Wildman–Crippen LogP) is 7.38. The zero-order chi connectivity index (χ0) is 25.4. The van der Waals surface area contributed by atoms with Crippen LogP contribution in [0.25, 0.3) is 5.76 Å². The molecule has 0 fully saturated rings. The van der Waals surface area contributed by atoms with Crippen LogP contribution < -0.4 is 0 Å². The van der Waals surface area contributed by atoms with E-state index in [0.717, 1.165) is 0 Å². The summed E-state index contributed by atoms with van der Waals surface area (Å²) in [5.41, 5.74) is 0.605. The lowest BCUT2D eigenvalue weighted by Crippen LogP contribution is -2.17. The molecule has 0 amide bonds. The van der Waals surface area contributed by atoms with Crippen LogP contribution in [0.15, 0.2) is 72.0 Å². The van der Waals surface area contributed by atoms with E-state index in [4.69, 9.17) is 14.2 Å². The summed E-state index contributed by atoms with van der Waals surface area (Å²) in [4.78, 5) is 38.3. The Labute approximate surface area is 231 Å². The third-order valence-corrected chi connectivity index (χ3v) is 6.00. The van der Waals surface area contributed by atoms with Gasteiger partial charge in [0.2, 0.25) is 0 Å². The van der Waals surface area contributed by atoms with Crippen LogP contribution in [0.4, 0.5) is 0 Å². The normalized spacial score (nSPS) is 11.4. The minimum atomic E-state index is -0.748. The van der Waals surface area contributed by atoms with Crippen molar-refractivity contribution in [2.24, 2.45) is 0 Å². The molecule has 0 radical (unpaired) electrons. The molecule has 0 atom stereocenters. The highest BCUT2D eigenvalue weighted by atomic mass is 79.9. The van der Waals surface area contributed by atoms with Crippen LogP contribution >= 0.6 is 63.7 Å². The van der Waals surface area contributed by atoms with Gasteiger partial charge >= 0.3 is 17.9 Å². The zero-order valence-electron chi connectivity index (χ0n) is 18.3. The van der Waals surface area contributed by atoms with Crippen LogP contribution in [0.1, 0.15) is 36.2 Å². The van der Waals surface area contributed by atoms with Gasteiger partial charge in [-0.25, -0.2) is 14.4 Å². The third kappa shape index (κ3) is 8.18. The summed E-state index contributed by atoms with van der Waals surface area (Å²) in [6.07, 6.45) is -0.243. The molecule has 10 heteroatoms. The smallest absolute Gasteiger partial charge is 0.343 e. The Kier molecular flexibility index (Phi) is 11.2. The molecule has 34 heavy (non-hydrogen) atoms. The molecule has 6 nitrogen and oxygen atoms in total. The first-order valence-corrected chi connectivity index (χ1v) is 13.1. The van der Waals surface area contributed by atoms with E-state index in [0.29, 0.717) is 23.5 Å². The predicted molar refractivity (Wildman–Crippen MR) is 143 cm³/mol. The molecule has 0 aliphatic rings. The molecule has 0 aliphatic carbocycles. The molecular weight excluding hydrogens is 704 g/mol. The molecule has 180 valence electrons. The average molecular weight is 724 g/mol. The molecule has 0 bridgehead atoms. The summed E-state index contributed by atoms with van der Waals surface area (Å²) in [5, 5.41) is 0. The van der Waals surface area contributed by atoms with E-state index in [-0.39, 0.29) is 42.1 Å². The van der Waals surface area contributed by atoms with E-state index in [9.17, 15) is 14.4 Å². The van der Waals surface area contributed by atoms with Crippen LogP contribution in [-0.4, -0.2) is 31.1 Å². The Balaban J connectivity index is 2.68. The summed E-state index contributed by atoms with van der Waals surface area (Å²) in [5.74, 6) is -2.19. The summed E-state index contributed by atoms with van der Waals surface area (Å²) >= 11 is 13.5. The fourth-order valence-corrected chi connectivity index (χ4v) is 5.37. The number of ether oxygens (including phenoxy) is 3. The van der Waals surface area contributed by atoms with Gasteiger partial charge in [0.25, 0.3) is 0 Å². The molecule has 0 heterocycles. The van der Waals surface area contributed by atoms with Gasteiger partial charge in [0, 0.05) is 35.4 Å². The van der Waals surface area contributed by atoms with E-state index in [2.05, 4.69) is 70.3 Å². The highest BCUT2D eigenvalue weighted by Crippen LogP contribution is 2.32. The zero-order valence-corrected chi connectivity index (χ0v) is 24.6. The summed E-state index contributed by atoms with van der Waals surface area (Å²) < 4.78 is 18.6. The number of hydrogen-bond donors (Lipinski definition) is 0. The van der Waals surface area contributed by atoms with Gasteiger partial charge in [0.05, 0.1) is 24.4 Å². The van der Waals surface area contributed by atoms with Crippen molar-refractivity contribution in [3.05, 3.63) is 83.1 Å². The van der Waals surface area contributed by atoms with Gasteiger partial charge in [0.15, 0.2) is 0 Å². The Bertz CT molecular complexity index is 1120. The van der Waals surface area contributed by atoms with Crippen LogP contribution in [0.5, 0.6) is 0 Å². The molecule has 0 aliphatic heterocycles. The summed E-state index contributed by atoms with van der Waals surface area (Å²) in [6, 6.07) is 10.1. The molecule has 0 spiro atoms. The van der Waals surface area contributed by atoms with Crippen LogP contribution in [0.2, 0.25) is 0 Å². The quantitative estimate of drug-likeness (QED) is 0.116. The number of carbonyl (C=O) groups is 3. The van der Waals surface area contributed by atoms with Crippen molar-refractivity contribution < 1.29 is 28.6 Å².